The maximum atomic E-state index is 13.5. The first-order valence-electron chi connectivity index (χ1n) is 10.9. The molecule has 4 rings (SSSR count). The van der Waals surface area contributed by atoms with Crippen LogP contribution in [0.2, 0.25) is 5.02 Å². The van der Waals surface area contributed by atoms with Crippen molar-refractivity contribution in [1.29, 1.82) is 0 Å². The lowest BCUT2D eigenvalue weighted by molar-refractivity contribution is -0.118. The molecule has 0 spiro atoms. The van der Waals surface area contributed by atoms with Crippen LogP contribution >= 0.6 is 11.6 Å². The Kier molecular flexibility index (Phi) is 6.43. The van der Waals surface area contributed by atoms with Crippen LogP contribution in [0, 0.1) is 0 Å². The Hall–Kier alpha value is -2.98. The van der Waals surface area contributed by atoms with E-state index in [9.17, 15) is 4.79 Å². The molecular weight excluding hydrogens is 422 g/mol. The highest BCUT2D eigenvalue weighted by Crippen LogP contribution is 2.43. The molecular formula is C27H28ClNO3. The van der Waals surface area contributed by atoms with Gasteiger partial charge in [-0.3, -0.25) is 4.79 Å². The van der Waals surface area contributed by atoms with E-state index in [0.717, 1.165) is 28.8 Å². The predicted molar refractivity (Wildman–Crippen MR) is 129 cm³/mol. The first kappa shape index (κ1) is 22.2. The van der Waals surface area contributed by atoms with Gasteiger partial charge in [-0.15, -0.1) is 0 Å². The zero-order chi connectivity index (χ0) is 22.8. The third kappa shape index (κ3) is 4.33. The molecule has 1 atom stereocenters. The minimum atomic E-state index is -0.295. The first-order chi connectivity index (χ1) is 15.4. The highest BCUT2D eigenvalue weighted by atomic mass is 35.5. The summed E-state index contributed by atoms with van der Waals surface area (Å²) in [6.07, 6.45) is 1.25. The molecule has 0 radical (unpaired) electrons. The summed E-state index contributed by atoms with van der Waals surface area (Å²) >= 11 is 6.17. The van der Waals surface area contributed by atoms with Crippen molar-refractivity contribution >= 4 is 23.2 Å². The van der Waals surface area contributed by atoms with Crippen molar-refractivity contribution in [2.45, 2.75) is 45.8 Å². The number of anilines is 1. The summed E-state index contributed by atoms with van der Waals surface area (Å²) in [5.41, 5.74) is 5.08. The van der Waals surface area contributed by atoms with E-state index in [1.165, 1.54) is 5.56 Å². The number of hydrogen-bond acceptors (Lipinski definition) is 3. The monoisotopic (exact) mass is 449 g/mol. The summed E-state index contributed by atoms with van der Waals surface area (Å²) in [5.74, 6) is 1.36. The molecule has 0 bridgehead atoms. The smallest absolute Gasteiger partial charge is 0.232 e. The van der Waals surface area contributed by atoms with Crippen molar-refractivity contribution < 1.29 is 14.3 Å². The van der Waals surface area contributed by atoms with Crippen molar-refractivity contribution in [3.05, 3.63) is 87.9 Å². The number of carbonyl (C=O) groups excluding carboxylic acids is 1. The number of aryl methyl sites for hydroxylation is 1. The molecule has 1 amide bonds. The van der Waals surface area contributed by atoms with Gasteiger partial charge in [0.15, 0.2) is 11.5 Å². The van der Waals surface area contributed by atoms with Gasteiger partial charge < -0.3 is 14.4 Å². The molecule has 1 aliphatic rings. The van der Waals surface area contributed by atoms with Gasteiger partial charge in [0.25, 0.3) is 0 Å². The zero-order valence-corrected chi connectivity index (χ0v) is 19.6. The topological polar surface area (TPSA) is 38.8 Å². The lowest BCUT2D eigenvalue weighted by Crippen LogP contribution is -2.41. The van der Waals surface area contributed by atoms with E-state index >= 15 is 0 Å². The number of hydrogen-bond donors (Lipinski definition) is 0. The van der Waals surface area contributed by atoms with Crippen molar-refractivity contribution in [1.82, 2.24) is 0 Å². The van der Waals surface area contributed by atoms with E-state index in [2.05, 4.69) is 19.1 Å². The maximum Gasteiger partial charge on any atom is 0.232 e. The van der Waals surface area contributed by atoms with Gasteiger partial charge in [-0.1, -0.05) is 42.8 Å². The first-order valence-corrected chi connectivity index (χ1v) is 11.3. The molecule has 0 saturated carbocycles. The number of methoxy groups -OCH3 is 1. The average molecular weight is 450 g/mol. The lowest BCUT2D eigenvalue weighted by atomic mass is 9.86. The van der Waals surface area contributed by atoms with Crippen LogP contribution < -0.4 is 14.4 Å². The van der Waals surface area contributed by atoms with Crippen molar-refractivity contribution in [3.8, 4) is 11.5 Å². The van der Waals surface area contributed by atoms with E-state index in [1.807, 2.05) is 67.3 Å². The molecule has 0 N–H and O–H groups in total. The molecule has 0 aliphatic carbocycles. The molecule has 5 heteroatoms. The van der Waals surface area contributed by atoms with Gasteiger partial charge >= 0.3 is 0 Å². The van der Waals surface area contributed by atoms with Crippen LogP contribution in [-0.4, -0.2) is 19.1 Å². The largest absolute Gasteiger partial charge is 0.493 e. The number of amides is 1. The highest BCUT2D eigenvalue weighted by molar-refractivity contribution is 6.30. The standard InChI is InChI=1S/C27H28ClNO3/c1-5-18-6-12-22(13-7-18)29-26(30)15-20-14-24(31-4)25(32-17(2)3)16-23(20)27(29)19-8-10-21(28)11-9-19/h6-14,16-17,27H,5,15H2,1-4H3/t27-/m0/s1. The van der Waals surface area contributed by atoms with Crippen LogP contribution in [-0.2, 0) is 17.6 Å². The molecule has 166 valence electrons. The number of ether oxygens (including phenoxy) is 2. The number of carbonyl (C=O) groups is 1. The molecule has 4 nitrogen and oxygen atoms in total. The summed E-state index contributed by atoms with van der Waals surface area (Å²) in [6.45, 7) is 6.10. The molecule has 0 aromatic heterocycles. The minimum absolute atomic E-state index is 0.00107. The van der Waals surface area contributed by atoms with Crippen molar-refractivity contribution in [2.24, 2.45) is 0 Å². The Balaban J connectivity index is 1.90. The summed E-state index contributed by atoms with van der Waals surface area (Å²) in [7, 11) is 1.62. The minimum Gasteiger partial charge on any atom is -0.493 e. The molecule has 0 unspecified atom stereocenters. The second-order valence-electron chi connectivity index (χ2n) is 8.28. The number of rotatable bonds is 6. The normalized spacial score (nSPS) is 15.6. The fourth-order valence-corrected chi connectivity index (χ4v) is 4.35. The van der Waals surface area contributed by atoms with E-state index in [1.54, 1.807) is 7.11 Å². The highest BCUT2D eigenvalue weighted by Gasteiger charge is 2.36. The Morgan fingerprint density at radius 1 is 1.03 bits per heavy atom. The molecule has 0 saturated heterocycles. The van der Waals surface area contributed by atoms with Gasteiger partial charge in [-0.2, -0.15) is 0 Å². The Labute approximate surface area is 194 Å². The van der Waals surface area contributed by atoms with Gasteiger partial charge in [0.1, 0.15) is 0 Å². The van der Waals surface area contributed by atoms with Crippen LogP contribution in [0.3, 0.4) is 0 Å². The van der Waals surface area contributed by atoms with Gasteiger partial charge in [0.2, 0.25) is 5.91 Å². The number of fused-ring (bicyclic) bond motifs is 1. The fourth-order valence-electron chi connectivity index (χ4n) is 4.22. The second-order valence-corrected chi connectivity index (χ2v) is 8.72. The molecule has 0 fully saturated rings. The quantitative estimate of drug-likeness (QED) is 0.438. The Bertz CT molecular complexity index is 1110. The summed E-state index contributed by atoms with van der Waals surface area (Å²) in [4.78, 5) is 15.3. The van der Waals surface area contributed by atoms with E-state index in [4.69, 9.17) is 21.1 Å². The SMILES string of the molecule is CCc1ccc(N2C(=O)Cc3cc(OC)c(OC(C)C)cc3[C@@H]2c2ccc(Cl)cc2)cc1. The average Bonchev–Trinajstić information content (AvgIpc) is 2.78. The van der Waals surface area contributed by atoms with Gasteiger partial charge in [0.05, 0.1) is 25.7 Å². The molecule has 3 aromatic rings. The molecule has 1 aliphatic heterocycles. The van der Waals surface area contributed by atoms with Gasteiger partial charge in [0, 0.05) is 10.7 Å². The molecule has 1 heterocycles. The maximum absolute atomic E-state index is 13.5. The Morgan fingerprint density at radius 2 is 1.72 bits per heavy atom. The third-order valence-corrected chi connectivity index (χ3v) is 6.01. The van der Waals surface area contributed by atoms with Crippen molar-refractivity contribution in [2.75, 3.05) is 12.0 Å². The van der Waals surface area contributed by atoms with Gasteiger partial charge in [-0.05, 0) is 78.9 Å². The van der Waals surface area contributed by atoms with Crippen LogP contribution in [0.15, 0.2) is 60.7 Å². The van der Waals surface area contributed by atoms with Crippen molar-refractivity contribution in [3.63, 3.8) is 0 Å². The fraction of sp³-hybridized carbons (Fsp3) is 0.296. The number of benzene rings is 3. The number of nitrogens with zero attached hydrogens (tertiary/aromatic N) is 1. The van der Waals surface area contributed by atoms with Crippen LogP contribution in [0.1, 0.15) is 49.1 Å². The summed E-state index contributed by atoms with van der Waals surface area (Å²) < 4.78 is 11.6. The van der Waals surface area contributed by atoms with E-state index in [-0.39, 0.29) is 18.1 Å². The lowest BCUT2D eigenvalue weighted by Gasteiger charge is -2.38. The molecule has 3 aromatic carbocycles. The van der Waals surface area contributed by atoms with Crippen LogP contribution in [0.5, 0.6) is 11.5 Å². The number of halogens is 1. The molecule has 32 heavy (non-hydrogen) atoms. The Morgan fingerprint density at radius 3 is 2.31 bits per heavy atom. The predicted octanol–water partition coefficient (Wildman–Crippen LogP) is 6.38. The third-order valence-electron chi connectivity index (χ3n) is 5.76. The van der Waals surface area contributed by atoms with Crippen LogP contribution in [0.4, 0.5) is 5.69 Å². The summed E-state index contributed by atoms with van der Waals surface area (Å²) in [6, 6.07) is 19.6. The second kappa shape index (κ2) is 9.25. The van der Waals surface area contributed by atoms with E-state index in [0.29, 0.717) is 22.9 Å². The summed E-state index contributed by atoms with van der Waals surface area (Å²) in [5, 5.41) is 0.661. The van der Waals surface area contributed by atoms with E-state index < -0.39 is 0 Å². The van der Waals surface area contributed by atoms with Crippen LogP contribution in [0.25, 0.3) is 0 Å². The van der Waals surface area contributed by atoms with Gasteiger partial charge in [-0.25, -0.2) is 0 Å². The zero-order valence-electron chi connectivity index (χ0n) is 18.9.